The quantitative estimate of drug-likeness (QED) is 0.348. The zero-order valence-electron chi connectivity index (χ0n) is 15.3. The first-order valence-corrected chi connectivity index (χ1v) is 10.1. The highest BCUT2D eigenvalue weighted by Gasteiger charge is 2.76. The highest BCUT2D eigenvalue weighted by Crippen LogP contribution is 2.79. The van der Waals surface area contributed by atoms with Gasteiger partial charge in [-0.3, -0.25) is 9.36 Å². The van der Waals surface area contributed by atoms with Crippen molar-refractivity contribution < 1.29 is 32.7 Å². The Balaban J connectivity index is 2.43. The molecule has 0 N–H and O–H groups in total. The third-order valence-electron chi connectivity index (χ3n) is 5.23. The van der Waals surface area contributed by atoms with Gasteiger partial charge in [0.15, 0.2) is 5.16 Å². The molecule has 7 nitrogen and oxygen atoms in total. The summed E-state index contributed by atoms with van der Waals surface area (Å²) in [5.74, 6) is -1.09. The van der Waals surface area contributed by atoms with Crippen molar-refractivity contribution in [2.75, 3.05) is 26.9 Å². The molecule has 2 aliphatic carbocycles. The molecule has 2 rings (SSSR count). The Hall–Kier alpha value is -1.17. The number of hydrogen-bond acceptors (Lipinski definition) is 7. The van der Waals surface area contributed by atoms with E-state index in [2.05, 4.69) is 6.58 Å². The van der Waals surface area contributed by atoms with Crippen LogP contribution in [0, 0.1) is 11.3 Å². The van der Waals surface area contributed by atoms with Crippen molar-refractivity contribution in [3.05, 3.63) is 12.2 Å². The van der Waals surface area contributed by atoms with Crippen molar-refractivity contribution in [1.29, 1.82) is 0 Å². The van der Waals surface area contributed by atoms with Gasteiger partial charge in [-0.2, -0.15) is 0 Å². The van der Waals surface area contributed by atoms with Crippen LogP contribution in [0.1, 0.15) is 40.0 Å². The summed E-state index contributed by atoms with van der Waals surface area (Å²) in [5.41, 5.74) is -0.283. The van der Waals surface area contributed by atoms with Gasteiger partial charge in [-0.25, -0.2) is 4.79 Å². The van der Waals surface area contributed by atoms with E-state index in [1.165, 1.54) is 7.11 Å². The molecular weight excluding hydrogens is 347 g/mol. The van der Waals surface area contributed by atoms with E-state index >= 15 is 0 Å². The van der Waals surface area contributed by atoms with Crippen LogP contribution in [0.4, 0.5) is 0 Å². The summed E-state index contributed by atoms with van der Waals surface area (Å²) in [5, 5.41) is -1.41. The van der Waals surface area contributed by atoms with Gasteiger partial charge in [0.1, 0.15) is 0 Å². The zero-order chi connectivity index (χ0) is 18.9. The van der Waals surface area contributed by atoms with Crippen LogP contribution >= 0.6 is 7.60 Å². The third-order valence-corrected chi connectivity index (χ3v) is 8.00. The SMILES string of the molecule is C=C(C(=O)OC)C12CC1CC(C(=O)OCC)(P(=O)(OCC)OCC)C2. The standard InChI is InChI=1S/C17H27O7P/c1-6-22-15(19)17(25(20,23-7-2)24-8-3)10-13-9-16(13,11-17)12(4)14(18)21-5/h13H,4,6-11H2,1-3,5H3. The first kappa shape index (κ1) is 20.1. The van der Waals surface area contributed by atoms with Crippen LogP contribution in [-0.4, -0.2) is 44.0 Å². The van der Waals surface area contributed by atoms with Gasteiger partial charge in [0, 0.05) is 11.0 Å². The lowest BCUT2D eigenvalue weighted by molar-refractivity contribution is -0.147. The summed E-state index contributed by atoms with van der Waals surface area (Å²) in [6.45, 7) is 9.41. The summed E-state index contributed by atoms with van der Waals surface area (Å²) in [7, 11) is -2.49. The normalized spacial score (nSPS) is 30.5. The minimum Gasteiger partial charge on any atom is -0.466 e. The molecular formula is C17H27O7P. The average molecular weight is 374 g/mol. The zero-order valence-corrected chi connectivity index (χ0v) is 16.2. The van der Waals surface area contributed by atoms with Crippen LogP contribution < -0.4 is 0 Å². The van der Waals surface area contributed by atoms with Crippen molar-refractivity contribution >= 4 is 19.5 Å². The van der Waals surface area contributed by atoms with Crippen LogP contribution in [0.2, 0.25) is 0 Å². The number of fused-ring (bicyclic) bond motifs is 1. The largest absolute Gasteiger partial charge is 0.466 e. The third kappa shape index (κ3) is 3.07. The Morgan fingerprint density at radius 2 is 1.72 bits per heavy atom. The maximum atomic E-state index is 13.5. The fourth-order valence-corrected chi connectivity index (χ4v) is 6.49. The molecule has 0 aromatic carbocycles. The molecule has 0 saturated heterocycles. The Labute approximate surface area is 148 Å². The lowest BCUT2D eigenvalue weighted by Crippen LogP contribution is -2.41. The summed E-state index contributed by atoms with van der Waals surface area (Å²) in [6, 6.07) is 0. The lowest BCUT2D eigenvalue weighted by atomic mass is 9.90. The summed E-state index contributed by atoms with van der Waals surface area (Å²) >= 11 is 0. The van der Waals surface area contributed by atoms with Gasteiger partial charge in [-0.1, -0.05) is 6.58 Å². The Kier molecular flexibility index (Phi) is 5.81. The number of carbonyl (C=O) groups excluding carboxylic acids is 2. The van der Waals surface area contributed by atoms with Crippen molar-refractivity contribution in [2.45, 2.75) is 45.2 Å². The van der Waals surface area contributed by atoms with Gasteiger partial charge in [0.25, 0.3) is 0 Å². The van der Waals surface area contributed by atoms with E-state index in [0.29, 0.717) is 18.4 Å². The topological polar surface area (TPSA) is 88.1 Å². The van der Waals surface area contributed by atoms with Crippen LogP contribution in [0.3, 0.4) is 0 Å². The van der Waals surface area contributed by atoms with E-state index in [0.717, 1.165) is 0 Å². The van der Waals surface area contributed by atoms with Crippen LogP contribution in [0.5, 0.6) is 0 Å². The molecule has 25 heavy (non-hydrogen) atoms. The molecule has 142 valence electrons. The van der Waals surface area contributed by atoms with Gasteiger partial charge in [-0.05, 0) is 46.0 Å². The minimum atomic E-state index is -3.78. The fourth-order valence-electron chi connectivity index (χ4n) is 4.03. The maximum absolute atomic E-state index is 13.5. The first-order valence-electron chi connectivity index (χ1n) is 8.61. The van der Waals surface area contributed by atoms with Crippen molar-refractivity contribution in [2.24, 2.45) is 11.3 Å². The van der Waals surface area contributed by atoms with Gasteiger partial charge in [0.05, 0.1) is 26.9 Å². The van der Waals surface area contributed by atoms with E-state index in [-0.39, 0.29) is 32.2 Å². The second-order valence-electron chi connectivity index (χ2n) is 6.49. The maximum Gasteiger partial charge on any atom is 0.347 e. The number of rotatable bonds is 9. The van der Waals surface area contributed by atoms with E-state index in [4.69, 9.17) is 18.5 Å². The molecule has 0 aromatic rings. The lowest BCUT2D eigenvalue weighted by Gasteiger charge is -2.35. The number of methoxy groups -OCH3 is 1. The fraction of sp³-hybridized carbons (Fsp3) is 0.765. The molecule has 2 fully saturated rings. The molecule has 0 aromatic heterocycles. The number of ether oxygens (including phenoxy) is 2. The average Bonchev–Trinajstić information content (AvgIpc) is 3.15. The Morgan fingerprint density at radius 3 is 2.20 bits per heavy atom. The second kappa shape index (κ2) is 7.22. The van der Waals surface area contributed by atoms with Gasteiger partial charge in [0.2, 0.25) is 0 Å². The monoisotopic (exact) mass is 374 g/mol. The molecule has 3 atom stereocenters. The van der Waals surface area contributed by atoms with Crippen molar-refractivity contribution in [3.63, 3.8) is 0 Å². The van der Waals surface area contributed by atoms with E-state index in [1.807, 2.05) is 0 Å². The summed E-state index contributed by atoms with van der Waals surface area (Å²) < 4.78 is 34.5. The van der Waals surface area contributed by atoms with E-state index < -0.39 is 30.1 Å². The molecule has 2 saturated carbocycles. The smallest absolute Gasteiger partial charge is 0.347 e. The van der Waals surface area contributed by atoms with Gasteiger partial charge < -0.3 is 18.5 Å². The number of carbonyl (C=O) groups is 2. The second-order valence-corrected chi connectivity index (χ2v) is 8.86. The highest BCUT2D eigenvalue weighted by atomic mass is 31.2. The first-order chi connectivity index (χ1) is 11.8. The molecule has 3 unspecified atom stereocenters. The molecule has 0 spiro atoms. The van der Waals surface area contributed by atoms with E-state index in [1.54, 1.807) is 20.8 Å². The molecule has 0 aliphatic heterocycles. The highest BCUT2D eigenvalue weighted by molar-refractivity contribution is 7.56. The van der Waals surface area contributed by atoms with Crippen molar-refractivity contribution in [3.8, 4) is 0 Å². The summed E-state index contributed by atoms with van der Waals surface area (Å²) in [6.07, 6.45) is 1.16. The van der Waals surface area contributed by atoms with Crippen molar-refractivity contribution in [1.82, 2.24) is 0 Å². The predicted molar refractivity (Wildman–Crippen MR) is 91.2 cm³/mol. The minimum absolute atomic E-state index is 0.0118. The molecule has 2 aliphatic rings. The summed E-state index contributed by atoms with van der Waals surface area (Å²) in [4.78, 5) is 24.8. The van der Waals surface area contributed by atoms with Crippen LogP contribution in [-0.2, 0) is 32.7 Å². The number of esters is 2. The molecule has 8 heteroatoms. The molecule has 0 radical (unpaired) electrons. The molecule has 0 bridgehead atoms. The molecule has 0 heterocycles. The Morgan fingerprint density at radius 1 is 1.12 bits per heavy atom. The van der Waals surface area contributed by atoms with Gasteiger partial charge >= 0.3 is 19.5 Å². The predicted octanol–water partition coefficient (Wildman–Crippen LogP) is 3.08. The molecule has 0 amide bonds. The Bertz CT molecular complexity index is 606. The van der Waals surface area contributed by atoms with Crippen LogP contribution in [0.15, 0.2) is 12.2 Å². The van der Waals surface area contributed by atoms with E-state index in [9.17, 15) is 14.2 Å². The number of hydrogen-bond donors (Lipinski definition) is 0. The van der Waals surface area contributed by atoms with Gasteiger partial charge in [-0.15, -0.1) is 0 Å². The van der Waals surface area contributed by atoms with Crippen LogP contribution in [0.25, 0.3) is 0 Å².